The Morgan fingerprint density at radius 3 is 3.00 bits per heavy atom. The van der Waals surface area contributed by atoms with Crippen LogP contribution in [0.25, 0.3) is 5.65 Å². The van der Waals surface area contributed by atoms with Crippen LogP contribution < -0.4 is 15.2 Å². The summed E-state index contributed by atoms with van der Waals surface area (Å²) in [5.74, 6) is -0.281. The first-order chi connectivity index (χ1) is 6.20. The van der Waals surface area contributed by atoms with Gasteiger partial charge in [-0.05, 0) is 6.07 Å². The van der Waals surface area contributed by atoms with Crippen LogP contribution in [0, 0.1) is 0 Å². The first-order valence-electron chi connectivity index (χ1n) is 3.87. The fourth-order valence-electron chi connectivity index (χ4n) is 1.28. The third kappa shape index (κ3) is 1.07. The van der Waals surface area contributed by atoms with E-state index in [0.29, 0.717) is 5.65 Å². The highest BCUT2D eigenvalue weighted by molar-refractivity contribution is 5.31. The summed E-state index contributed by atoms with van der Waals surface area (Å²) in [6.45, 7) is 0. The highest BCUT2D eigenvalue weighted by Gasteiger charge is 2.06. The average molecular weight is 176 g/mol. The van der Waals surface area contributed by atoms with Gasteiger partial charge in [-0.2, -0.15) is 4.40 Å². The van der Waals surface area contributed by atoms with Crippen molar-refractivity contribution in [1.82, 2.24) is 4.40 Å². The largest absolute Gasteiger partial charge is 0.842 e. The molecule has 0 spiro atoms. The van der Waals surface area contributed by atoms with E-state index in [1.54, 1.807) is 31.4 Å². The molecule has 2 heterocycles. The smallest absolute Gasteiger partial charge is 0.341 e. The molecule has 0 atom stereocenters. The van der Waals surface area contributed by atoms with Crippen LogP contribution >= 0.6 is 0 Å². The molecule has 0 unspecified atom stereocenters. The molecule has 0 bridgehead atoms. The summed E-state index contributed by atoms with van der Waals surface area (Å²) in [6, 6.07) is 6.34. The van der Waals surface area contributed by atoms with Gasteiger partial charge in [-0.3, -0.25) is 0 Å². The molecule has 0 N–H and O–H groups in total. The molecule has 0 aliphatic carbocycles. The van der Waals surface area contributed by atoms with Gasteiger partial charge >= 0.3 is 5.56 Å². The molecule has 0 aliphatic rings. The lowest BCUT2D eigenvalue weighted by Gasteiger charge is -2.06. The van der Waals surface area contributed by atoms with Gasteiger partial charge in [0.15, 0.2) is 0 Å². The Kier molecular flexibility index (Phi) is 1.55. The van der Waals surface area contributed by atoms with Crippen molar-refractivity contribution in [2.45, 2.75) is 0 Å². The second-order valence-electron chi connectivity index (χ2n) is 2.81. The van der Waals surface area contributed by atoms with Gasteiger partial charge in [0.1, 0.15) is 0 Å². The molecule has 13 heavy (non-hydrogen) atoms. The van der Waals surface area contributed by atoms with E-state index in [1.807, 2.05) is 0 Å². The summed E-state index contributed by atoms with van der Waals surface area (Å²) in [4.78, 5) is 11.3. The number of aromatic nitrogens is 2. The van der Waals surface area contributed by atoms with Crippen LogP contribution in [0.3, 0.4) is 0 Å². The predicted molar refractivity (Wildman–Crippen MR) is 44.3 cm³/mol. The number of pyridine rings is 1. The van der Waals surface area contributed by atoms with Crippen molar-refractivity contribution in [1.29, 1.82) is 0 Å². The van der Waals surface area contributed by atoms with E-state index < -0.39 is 0 Å². The highest BCUT2D eigenvalue weighted by Crippen LogP contribution is 1.96. The van der Waals surface area contributed by atoms with Gasteiger partial charge in [-0.25, -0.2) is 9.36 Å². The molecule has 0 saturated heterocycles. The van der Waals surface area contributed by atoms with E-state index in [4.69, 9.17) is 0 Å². The van der Waals surface area contributed by atoms with Gasteiger partial charge < -0.3 is 5.11 Å². The van der Waals surface area contributed by atoms with Crippen LogP contribution in [0.4, 0.5) is 0 Å². The molecule has 0 saturated carbocycles. The van der Waals surface area contributed by atoms with E-state index in [9.17, 15) is 9.90 Å². The van der Waals surface area contributed by atoms with Crippen molar-refractivity contribution in [3.05, 3.63) is 40.8 Å². The molecule has 4 nitrogen and oxygen atoms in total. The molecule has 0 aliphatic heterocycles. The molecular formula is C9H8N2O2. The van der Waals surface area contributed by atoms with Crippen LogP contribution in [0.2, 0.25) is 0 Å². The molecule has 0 fully saturated rings. The molecule has 0 amide bonds. The third-order valence-electron chi connectivity index (χ3n) is 2.00. The average Bonchev–Trinajstić information content (AvgIpc) is 2.15. The first kappa shape index (κ1) is 7.79. The monoisotopic (exact) mass is 176 g/mol. The van der Waals surface area contributed by atoms with Crippen molar-refractivity contribution in [3.63, 3.8) is 0 Å². The van der Waals surface area contributed by atoms with Crippen molar-refractivity contribution in [2.75, 3.05) is 0 Å². The van der Waals surface area contributed by atoms with Crippen molar-refractivity contribution in [3.8, 4) is 5.88 Å². The number of fused-ring (bicyclic) bond motifs is 1. The van der Waals surface area contributed by atoms with Gasteiger partial charge in [0.05, 0.1) is 25.2 Å². The number of aryl methyl sites for hydroxylation is 1. The summed E-state index contributed by atoms with van der Waals surface area (Å²) in [5.41, 5.74) is 0.304. The van der Waals surface area contributed by atoms with Gasteiger partial charge in [-0.15, -0.1) is 0 Å². The lowest BCUT2D eigenvalue weighted by atomic mass is 10.4. The normalized spacial score (nSPS) is 10.5. The first-order valence-corrected chi connectivity index (χ1v) is 3.87. The number of rotatable bonds is 0. The molecule has 0 radical (unpaired) electrons. The zero-order chi connectivity index (χ0) is 9.42. The summed E-state index contributed by atoms with van der Waals surface area (Å²) in [6.07, 6.45) is 1.64. The summed E-state index contributed by atoms with van der Waals surface area (Å²) in [7, 11) is 1.64. The minimum Gasteiger partial charge on any atom is -0.842 e. The van der Waals surface area contributed by atoms with Gasteiger partial charge in [-0.1, -0.05) is 6.07 Å². The Morgan fingerprint density at radius 1 is 1.46 bits per heavy atom. The number of hydrogen-bond acceptors (Lipinski definition) is 2. The Balaban J connectivity index is 3.06. The second-order valence-corrected chi connectivity index (χ2v) is 2.81. The van der Waals surface area contributed by atoms with Crippen molar-refractivity contribution < 1.29 is 9.67 Å². The second kappa shape index (κ2) is 2.58. The minimum absolute atomic E-state index is 0.281. The maximum absolute atomic E-state index is 11.3. The standard InChI is InChI=1S/C9H8N2O2/c1-10-7-4-2-3-5-11(7)9(13)6-8(10)12/h2-6H,1H3. The molecule has 2 rings (SSSR count). The fourth-order valence-corrected chi connectivity index (χ4v) is 1.28. The maximum Gasteiger partial charge on any atom is 0.341 e. The lowest BCUT2D eigenvalue weighted by molar-refractivity contribution is -0.694. The van der Waals surface area contributed by atoms with E-state index >= 15 is 0 Å². The summed E-state index contributed by atoms with van der Waals surface area (Å²) < 4.78 is 2.86. The SMILES string of the molecule is C[n+]1c([O-])cc(=O)n2ccccc21. The van der Waals surface area contributed by atoms with E-state index in [-0.39, 0.29) is 11.4 Å². The van der Waals surface area contributed by atoms with Gasteiger partial charge in [0.25, 0.3) is 5.65 Å². The van der Waals surface area contributed by atoms with Crippen LogP contribution in [-0.4, -0.2) is 4.40 Å². The van der Waals surface area contributed by atoms with Crippen molar-refractivity contribution >= 4 is 5.65 Å². The maximum atomic E-state index is 11.3. The zero-order valence-corrected chi connectivity index (χ0v) is 7.10. The number of nitrogens with zero attached hydrogens (tertiary/aromatic N) is 2. The van der Waals surface area contributed by atoms with Crippen LogP contribution in [0.15, 0.2) is 35.3 Å². The Morgan fingerprint density at radius 2 is 2.23 bits per heavy atom. The van der Waals surface area contributed by atoms with Crippen LogP contribution in [0.1, 0.15) is 0 Å². The Labute approximate surface area is 74.3 Å². The number of hydrogen-bond donors (Lipinski definition) is 0. The molecule has 2 aromatic rings. The van der Waals surface area contributed by atoms with E-state index in [2.05, 4.69) is 0 Å². The molecule has 2 aromatic heterocycles. The van der Waals surface area contributed by atoms with Crippen LogP contribution in [-0.2, 0) is 7.05 Å². The molecule has 66 valence electrons. The van der Waals surface area contributed by atoms with Gasteiger partial charge in [0, 0.05) is 6.07 Å². The molecule has 0 aromatic carbocycles. The van der Waals surface area contributed by atoms with E-state index in [0.717, 1.165) is 6.07 Å². The quantitative estimate of drug-likeness (QED) is 0.493. The minimum atomic E-state index is -0.293. The Hall–Kier alpha value is -1.84. The summed E-state index contributed by atoms with van der Waals surface area (Å²) in [5, 5.41) is 11.2. The van der Waals surface area contributed by atoms with Crippen LogP contribution in [0.5, 0.6) is 5.88 Å². The highest BCUT2D eigenvalue weighted by atomic mass is 16.3. The van der Waals surface area contributed by atoms with Gasteiger partial charge in [0.2, 0.25) is 0 Å². The summed E-state index contributed by atoms with van der Waals surface area (Å²) >= 11 is 0. The lowest BCUT2D eigenvalue weighted by Crippen LogP contribution is -2.38. The Bertz CT molecular complexity index is 516. The zero-order valence-electron chi connectivity index (χ0n) is 7.10. The molecule has 4 heteroatoms. The van der Waals surface area contributed by atoms with Crippen molar-refractivity contribution in [2.24, 2.45) is 7.05 Å². The topological polar surface area (TPSA) is 48.4 Å². The third-order valence-corrected chi connectivity index (χ3v) is 2.00. The van der Waals surface area contributed by atoms with E-state index in [1.165, 1.54) is 8.97 Å². The molecular weight excluding hydrogens is 168 g/mol. The fraction of sp³-hybridized carbons (Fsp3) is 0.111. The predicted octanol–water partition coefficient (Wildman–Crippen LogP) is -0.802.